The summed E-state index contributed by atoms with van der Waals surface area (Å²) >= 11 is 4.97. The number of benzene rings is 1. The lowest BCUT2D eigenvalue weighted by Gasteiger charge is -2.12. The van der Waals surface area contributed by atoms with Crippen LogP contribution in [0.4, 0.5) is 8.78 Å². The average Bonchev–Trinajstić information content (AvgIpc) is 2.64. The molecule has 0 unspecified atom stereocenters. The Balaban J connectivity index is 2.31. The highest BCUT2D eigenvalue weighted by atomic mass is 32.1. The highest BCUT2D eigenvalue weighted by Gasteiger charge is 2.26. The van der Waals surface area contributed by atoms with Gasteiger partial charge in [-0.3, -0.25) is 0 Å². The van der Waals surface area contributed by atoms with Crippen molar-refractivity contribution in [3.63, 3.8) is 0 Å². The maximum absolute atomic E-state index is 13.8. The zero-order valence-electron chi connectivity index (χ0n) is 9.43. The van der Waals surface area contributed by atoms with E-state index in [2.05, 4.69) is 5.32 Å². The van der Waals surface area contributed by atoms with E-state index in [0.717, 1.165) is 0 Å². The molecule has 1 N–H and O–H groups in total. The molecule has 0 amide bonds. The summed E-state index contributed by atoms with van der Waals surface area (Å²) in [5, 5.41) is 2.93. The summed E-state index contributed by atoms with van der Waals surface area (Å²) in [7, 11) is 0. The molecule has 1 fully saturated rings. The van der Waals surface area contributed by atoms with Gasteiger partial charge in [-0.25, -0.2) is 8.78 Å². The number of thiocarbonyl (C=S) groups is 1. The fraction of sp³-hybridized carbons (Fsp3) is 0.417. The van der Waals surface area contributed by atoms with Gasteiger partial charge in [-0.1, -0.05) is 12.2 Å². The summed E-state index contributed by atoms with van der Waals surface area (Å²) in [6.45, 7) is 2.64. The summed E-state index contributed by atoms with van der Waals surface area (Å²) in [5.41, 5.74) is 0.0980. The first-order valence-electron chi connectivity index (χ1n) is 5.50. The lowest BCUT2D eigenvalue weighted by Crippen LogP contribution is -2.13. The van der Waals surface area contributed by atoms with Gasteiger partial charge in [-0.2, -0.15) is 0 Å². The maximum Gasteiger partial charge on any atom is 0.133 e. The first-order valence-corrected chi connectivity index (χ1v) is 5.91. The second-order valence-electron chi connectivity index (χ2n) is 3.94. The number of halogens is 2. The summed E-state index contributed by atoms with van der Waals surface area (Å²) in [5.74, 6) is -1.13. The van der Waals surface area contributed by atoms with Crippen molar-refractivity contribution in [2.45, 2.75) is 19.3 Å². The SMILES string of the molecule is CCOc1cc(F)c([C@@H]2CNC(=S)C2)c(F)c1. The first kappa shape index (κ1) is 12.2. The summed E-state index contributed by atoms with van der Waals surface area (Å²) in [4.78, 5) is 0.655. The van der Waals surface area contributed by atoms with Crippen molar-refractivity contribution in [2.24, 2.45) is 0 Å². The van der Waals surface area contributed by atoms with Gasteiger partial charge in [0.05, 0.1) is 11.6 Å². The minimum absolute atomic E-state index is 0.0980. The van der Waals surface area contributed by atoms with Crippen molar-refractivity contribution in [2.75, 3.05) is 13.2 Å². The summed E-state index contributed by atoms with van der Waals surface area (Å²) in [6, 6.07) is 2.45. The zero-order valence-corrected chi connectivity index (χ0v) is 10.2. The molecule has 2 rings (SSSR count). The second-order valence-corrected chi connectivity index (χ2v) is 4.43. The molecule has 1 saturated heterocycles. The van der Waals surface area contributed by atoms with E-state index in [0.29, 0.717) is 24.6 Å². The third kappa shape index (κ3) is 2.54. The largest absolute Gasteiger partial charge is 0.494 e. The molecule has 17 heavy (non-hydrogen) atoms. The van der Waals surface area contributed by atoms with Gasteiger partial charge in [0.25, 0.3) is 0 Å². The molecule has 92 valence electrons. The van der Waals surface area contributed by atoms with Gasteiger partial charge in [0, 0.05) is 36.6 Å². The quantitative estimate of drug-likeness (QED) is 0.841. The van der Waals surface area contributed by atoms with Crippen molar-refractivity contribution >= 4 is 17.2 Å². The number of hydrogen-bond acceptors (Lipinski definition) is 2. The summed E-state index contributed by atoms with van der Waals surface area (Å²) < 4.78 is 32.7. The maximum atomic E-state index is 13.8. The van der Waals surface area contributed by atoms with Crippen LogP contribution in [0.3, 0.4) is 0 Å². The molecule has 0 radical (unpaired) electrons. The Bertz CT molecular complexity index is 427. The van der Waals surface area contributed by atoms with E-state index in [1.807, 2.05) is 0 Å². The molecule has 0 aromatic heterocycles. The Morgan fingerprint density at radius 1 is 1.41 bits per heavy atom. The van der Waals surface area contributed by atoms with Crippen LogP contribution < -0.4 is 10.1 Å². The Kier molecular flexibility index (Phi) is 3.57. The van der Waals surface area contributed by atoms with E-state index in [-0.39, 0.29) is 17.2 Å². The number of rotatable bonds is 3. The predicted octanol–water partition coefficient (Wildman–Crippen LogP) is 2.77. The normalized spacial score (nSPS) is 19.2. The molecule has 0 spiro atoms. The van der Waals surface area contributed by atoms with Gasteiger partial charge >= 0.3 is 0 Å². The molecule has 1 aliphatic heterocycles. The van der Waals surface area contributed by atoms with Gasteiger partial charge in [-0.05, 0) is 6.92 Å². The van der Waals surface area contributed by atoms with Crippen LogP contribution in [0, 0.1) is 11.6 Å². The molecular weight excluding hydrogens is 244 g/mol. The van der Waals surface area contributed by atoms with Crippen LogP contribution in [0.1, 0.15) is 24.8 Å². The Labute approximate surface area is 104 Å². The van der Waals surface area contributed by atoms with Crippen LogP contribution >= 0.6 is 12.2 Å². The van der Waals surface area contributed by atoms with Crippen molar-refractivity contribution in [3.05, 3.63) is 29.3 Å². The van der Waals surface area contributed by atoms with Crippen LogP contribution in [-0.4, -0.2) is 18.1 Å². The lowest BCUT2D eigenvalue weighted by atomic mass is 9.97. The van der Waals surface area contributed by atoms with Crippen LogP contribution in [0.15, 0.2) is 12.1 Å². The minimum atomic E-state index is -0.565. The van der Waals surface area contributed by atoms with Crippen molar-refractivity contribution in [1.29, 1.82) is 0 Å². The Morgan fingerprint density at radius 2 is 2.06 bits per heavy atom. The van der Waals surface area contributed by atoms with Crippen LogP contribution in [-0.2, 0) is 0 Å². The first-order chi connectivity index (χ1) is 8.11. The summed E-state index contributed by atoms with van der Waals surface area (Å²) in [6.07, 6.45) is 0.497. The van der Waals surface area contributed by atoms with Crippen LogP contribution in [0.25, 0.3) is 0 Å². The van der Waals surface area contributed by atoms with Crippen molar-refractivity contribution < 1.29 is 13.5 Å². The van der Waals surface area contributed by atoms with E-state index in [1.54, 1.807) is 6.92 Å². The van der Waals surface area contributed by atoms with Gasteiger partial charge < -0.3 is 10.1 Å². The van der Waals surface area contributed by atoms with E-state index >= 15 is 0 Å². The monoisotopic (exact) mass is 257 g/mol. The minimum Gasteiger partial charge on any atom is -0.494 e. The molecule has 0 aliphatic carbocycles. The van der Waals surface area contributed by atoms with Crippen molar-refractivity contribution in [3.8, 4) is 5.75 Å². The molecule has 0 bridgehead atoms. The van der Waals surface area contributed by atoms with Gasteiger partial charge in [0.15, 0.2) is 0 Å². The fourth-order valence-electron chi connectivity index (χ4n) is 2.01. The van der Waals surface area contributed by atoms with Gasteiger partial charge in [0.1, 0.15) is 17.4 Å². The topological polar surface area (TPSA) is 21.3 Å². The van der Waals surface area contributed by atoms with E-state index in [9.17, 15) is 8.78 Å². The van der Waals surface area contributed by atoms with E-state index < -0.39 is 11.6 Å². The molecule has 2 nitrogen and oxygen atoms in total. The van der Waals surface area contributed by atoms with E-state index in [4.69, 9.17) is 17.0 Å². The number of ether oxygens (including phenoxy) is 1. The van der Waals surface area contributed by atoms with Crippen LogP contribution in [0.2, 0.25) is 0 Å². The van der Waals surface area contributed by atoms with E-state index in [1.165, 1.54) is 12.1 Å². The molecule has 1 heterocycles. The number of hydrogen-bond donors (Lipinski definition) is 1. The van der Waals surface area contributed by atoms with Gasteiger partial charge in [-0.15, -0.1) is 0 Å². The molecular formula is C12H13F2NOS. The zero-order chi connectivity index (χ0) is 12.4. The molecule has 1 aromatic rings. The molecule has 1 aromatic carbocycles. The Hall–Kier alpha value is -1.23. The third-order valence-electron chi connectivity index (χ3n) is 2.75. The second kappa shape index (κ2) is 4.96. The molecule has 0 saturated carbocycles. The molecule has 1 aliphatic rings. The van der Waals surface area contributed by atoms with Gasteiger partial charge in [0.2, 0.25) is 0 Å². The highest BCUT2D eigenvalue weighted by Crippen LogP contribution is 2.31. The molecule has 1 atom stereocenters. The van der Waals surface area contributed by atoms with Crippen LogP contribution in [0.5, 0.6) is 5.75 Å². The highest BCUT2D eigenvalue weighted by molar-refractivity contribution is 7.80. The average molecular weight is 257 g/mol. The fourth-order valence-corrected chi connectivity index (χ4v) is 2.29. The third-order valence-corrected chi connectivity index (χ3v) is 3.06. The molecule has 5 heteroatoms. The Morgan fingerprint density at radius 3 is 2.53 bits per heavy atom. The lowest BCUT2D eigenvalue weighted by molar-refractivity contribution is 0.335. The smallest absolute Gasteiger partial charge is 0.133 e. The standard InChI is InChI=1S/C12H13F2NOS/c1-2-16-8-4-9(13)12(10(14)5-8)7-3-11(17)15-6-7/h4-5,7H,2-3,6H2,1H3,(H,15,17)/t7-/m0/s1. The number of nitrogens with one attached hydrogen (secondary N) is 1. The predicted molar refractivity (Wildman–Crippen MR) is 65.5 cm³/mol. The van der Waals surface area contributed by atoms with Crippen molar-refractivity contribution in [1.82, 2.24) is 5.32 Å².